The summed E-state index contributed by atoms with van der Waals surface area (Å²) in [6.07, 6.45) is 11.3. The number of nitriles is 1. The minimum atomic E-state index is -1.68. The maximum atomic E-state index is 14.7. The van der Waals surface area contributed by atoms with Crippen molar-refractivity contribution in [1.29, 1.82) is 5.26 Å². The highest BCUT2D eigenvalue weighted by Crippen LogP contribution is 2.75. The summed E-state index contributed by atoms with van der Waals surface area (Å²) >= 11 is 0. The summed E-state index contributed by atoms with van der Waals surface area (Å²) in [6, 6.07) is 2.14. The molecule has 0 aliphatic heterocycles. The third-order valence-corrected chi connectivity index (χ3v) is 14.1. The monoisotopic (exact) mass is 643 g/mol. The average Bonchev–Trinajstić information content (AvgIpc) is 3.44. The molecule has 10 nitrogen and oxygen atoms in total. The first-order valence-corrected chi connectivity index (χ1v) is 17.0. The standard InChI is InChI=1S/C37H49N5O5/c1-31(2)24-9-10-35(6)25(34(24,5)16-22(18-38)29(31)45)15-27(43)37(47)26-17-33(4,13-11-32(26,3)12-14-36(35,37)7)41-28(44)20-39-30(46)23-19-40-42(8)21-23/h15-16,19,21,24,26,47H,9-14,17,20H2,1-8H3,(H,39,46)(H,41,44)/t24-,26+,32+,33-,34-,35+,36-,37+/m0/s1. The molecule has 3 saturated carbocycles. The average molecular weight is 644 g/mol. The molecule has 0 radical (unpaired) electrons. The van der Waals surface area contributed by atoms with Crippen molar-refractivity contribution < 1.29 is 24.3 Å². The number of aliphatic hydroxyl groups is 1. The highest BCUT2D eigenvalue weighted by Gasteiger charge is 2.75. The molecule has 0 aromatic carbocycles. The van der Waals surface area contributed by atoms with Crippen LogP contribution in [0.2, 0.25) is 0 Å². The van der Waals surface area contributed by atoms with Crippen molar-refractivity contribution in [3.63, 3.8) is 0 Å². The van der Waals surface area contributed by atoms with E-state index < -0.39 is 38.7 Å². The summed E-state index contributed by atoms with van der Waals surface area (Å²) in [5, 5.41) is 32.9. The third kappa shape index (κ3) is 4.41. The van der Waals surface area contributed by atoms with E-state index in [9.17, 15) is 29.5 Å². The fraction of sp³-hybridized carbons (Fsp3) is 0.676. The molecule has 0 saturated heterocycles. The second kappa shape index (κ2) is 10.2. The normalized spacial score (nSPS) is 42.0. The van der Waals surface area contributed by atoms with E-state index in [0.29, 0.717) is 31.2 Å². The van der Waals surface area contributed by atoms with Gasteiger partial charge in [0.2, 0.25) is 5.91 Å². The lowest BCUT2D eigenvalue weighted by atomic mass is 9.33. The zero-order valence-corrected chi connectivity index (χ0v) is 29.0. The topological polar surface area (TPSA) is 154 Å². The number of allylic oxidation sites excluding steroid dienone is 3. The molecule has 252 valence electrons. The van der Waals surface area contributed by atoms with E-state index in [1.54, 1.807) is 19.3 Å². The number of nitrogens with zero attached hydrogens (tertiary/aromatic N) is 3. The number of Topliss-reactive ketones (excluding diaryl/α,β-unsaturated/α-hetero) is 1. The van der Waals surface area contributed by atoms with Crippen molar-refractivity contribution >= 4 is 23.4 Å². The van der Waals surface area contributed by atoms with Gasteiger partial charge in [0.15, 0.2) is 11.6 Å². The van der Waals surface area contributed by atoms with Crippen molar-refractivity contribution in [3.05, 3.63) is 41.3 Å². The second-order valence-corrected chi connectivity index (χ2v) is 17.1. The van der Waals surface area contributed by atoms with Crippen LogP contribution in [0, 0.1) is 50.2 Å². The summed E-state index contributed by atoms with van der Waals surface area (Å²) in [5.41, 5.74) is -4.08. The highest BCUT2D eigenvalue weighted by molar-refractivity contribution is 6.05. The van der Waals surface area contributed by atoms with Crippen molar-refractivity contribution in [1.82, 2.24) is 20.4 Å². The predicted molar refractivity (Wildman–Crippen MR) is 174 cm³/mol. The van der Waals surface area contributed by atoms with Gasteiger partial charge in [-0.1, -0.05) is 47.6 Å². The number of hydrogen-bond acceptors (Lipinski definition) is 7. The lowest BCUT2D eigenvalue weighted by Gasteiger charge is -2.71. The van der Waals surface area contributed by atoms with Crippen LogP contribution in [0.4, 0.5) is 0 Å². The van der Waals surface area contributed by atoms with Gasteiger partial charge in [0, 0.05) is 40.9 Å². The van der Waals surface area contributed by atoms with E-state index in [-0.39, 0.29) is 46.8 Å². The molecule has 8 atom stereocenters. The Balaban J connectivity index is 1.33. The molecule has 10 heteroatoms. The van der Waals surface area contributed by atoms with Gasteiger partial charge in [0.25, 0.3) is 5.91 Å². The van der Waals surface area contributed by atoms with Crippen LogP contribution >= 0.6 is 0 Å². The Kier molecular flexibility index (Phi) is 7.24. The summed E-state index contributed by atoms with van der Waals surface area (Å²) < 4.78 is 1.52. The van der Waals surface area contributed by atoms with E-state index in [1.807, 2.05) is 26.8 Å². The van der Waals surface area contributed by atoms with Gasteiger partial charge >= 0.3 is 0 Å². The van der Waals surface area contributed by atoms with Crippen LogP contribution in [-0.2, 0) is 21.4 Å². The van der Waals surface area contributed by atoms with E-state index >= 15 is 0 Å². The molecule has 1 aromatic heterocycles. The number of ketones is 2. The fourth-order valence-electron chi connectivity index (χ4n) is 11.1. The minimum absolute atomic E-state index is 0.0813. The van der Waals surface area contributed by atoms with Crippen LogP contribution in [0.25, 0.3) is 0 Å². The van der Waals surface area contributed by atoms with E-state index in [2.05, 4.69) is 49.5 Å². The molecule has 0 spiro atoms. The van der Waals surface area contributed by atoms with Gasteiger partial charge in [-0.15, -0.1) is 0 Å². The Bertz CT molecular complexity index is 1700. The summed E-state index contributed by atoms with van der Waals surface area (Å²) in [6.45, 7) is 14.1. The fourth-order valence-corrected chi connectivity index (χ4v) is 11.1. The molecule has 0 unspecified atom stereocenters. The van der Waals surface area contributed by atoms with Gasteiger partial charge in [0.05, 0.1) is 23.9 Å². The number of hydrogen-bond donors (Lipinski definition) is 3. The Morgan fingerprint density at radius 2 is 1.72 bits per heavy atom. The number of nitrogens with one attached hydrogen (secondary N) is 2. The van der Waals surface area contributed by atoms with Gasteiger partial charge in [-0.25, -0.2) is 0 Å². The maximum absolute atomic E-state index is 14.7. The first-order valence-electron chi connectivity index (χ1n) is 17.0. The summed E-state index contributed by atoms with van der Waals surface area (Å²) in [4.78, 5) is 53.7. The smallest absolute Gasteiger partial charge is 0.254 e. The van der Waals surface area contributed by atoms with Crippen LogP contribution in [0.3, 0.4) is 0 Å². The Morgan fingerprint density at radius 1 is 1.04 bits per heavy atom. The molecule has 2 amide bonds. The predicted octanol–water partition coefficient (Wildman–Crippen LogP) is 4.35. The lowest BCUT2D eigenvalue weighted by molar-refractivity contribution is -0.240. The summed E-state index contributed by atoms with van der Waals surface area (Å²) in [5.74, 6) is -1.68. The number of rotatable bonds is 4. The second-order valence-electron chi connectivity index (χ2n) is 17.1. The van der Waals surface area contributed by atoms with E-state index in [1.165, 1.54) is 10.9 Å². The Labute approximate surface area is 277 Å². The molecule has 5 aliphatic rings. The van der Waals surface area contributed by atoms with Crippen LogP contribution in [0.1, 0.15) is 104 Å². The minimum Gasteiger partial charge on any atom is -0.381 e. The highest BCUT2D eigenvalue weighted by atomic mass is 16.3. The van der Waals surface area contributed by atoms with Crippen molar-refractivity contribution in [2.24, 2.45) is 46.0 Å². The SMILES string of the molecule is Cn1cc(C(=O)NCC(=O)N[C@@]2(C)CC[C@]3(C)CC[C@@]4(C)[C@]5(C)CC[C@H]6C(C)(C)C(=O)C(C#N)=C[C@]6(C)C5=CC(=O)[C@]4(O)[C@@H]3C2)cn1. The number of carbonyl (C=O) groups excluding carboxylic acids is 4. The van der Waals surface area contributed by atoms with Crippen molar-refractivity contribution in [3.8, 4) is 6.07 Å². The molecule has 5 aliphatic carbocycles. The molecule has 1 aromatic rings. The largest absolute Gasteiger partial charge is 0.381 e. The molecule has 47 heavy (non-hydrogen) atoms. The number of fused-ring (bicyclic) bond motifs is 7. The number of aromatic nitrogens is 2. The van der Waals surface area contributed by atoms with Gasteiger partial charge in [0.1, 0.15) is 11.7 Å². The number of aryl methyl sites for hydroxylation is 1. The first-order chi connectivity index (χ1) is 21.7. The first kappa shape index (κ1) is 33.3. The van der Waals surface area contributed by atoms with Crippen molar-refractivity contribution in [2.75, 3.05) is 6.54 Å². The van der Waals surface area contributed by atoms with Gasteiger partial charge < -0.3 is 15.7 Å². The van der Waals surface area contributed by atoms with Gasteiger partial charge in [-0.05, 0) is 80.3 Å². The number of amides is 2. The zero-order chi connectivity index (χ0) is 34.6. The molecule has 1 heterocycles. The van der Waals surface area contributed by atoms with Crippen LogP contribution in [-0.4, -0.2) is 56.0 Å². The molecule has 6 rings (SSSR count). The molecule has 0 bridgehead atoms. The van der Waals surface area contributed by atoms with Gasteiger partial charge in [-0.2, -0.15) is 10.4 Å². The maximum Gasteiger partial charge on any atom is 0.254 e. The Morgan fingerprint density at radius 3 is 2.36 bits per heavy atom. The molecular weight excluding hydrogens is 594 g/mol. The lowest BCUT2D eigenvalue weighted by Crippen LogP contribution is -2.74. The molecule has 3 fully saturated rings. The quantitative estimate of drug-likeness (QED) is 0.441. The Hall–Kier alpha value is -3.58. The molecular formula is C37H49N5O5. The third-order valence-electron chi connectivity index (χ3n) is 14.1. The number of carbonyl (C=O) groups is 4. The summed E-state index contributed by atoms with van der Waals surface area (Å²) in [7, 11) is 1.71. The zero-order valence-electron chi connectivity index (χ0n) is 29.0. The van der Waals surface area contributed by atoms with Crippen LogP contribution < -0.4 is 10.6 Å². The van der Waals surface area contributed by atoms with Crippen molar-refractivity contribution in [2.45, 2.75) is 105 Å². The molecule has 3 N–H and O–H groups in total. The van der Waals surface area contributed by atoms with E-state index in [0.717, 1.165) is 24.8 Å². The van der Waals surface area contributed by atoms with Gasteiger partial charge in [-0.3, -0.25) is 23.9 Å². The van der Waals surface area contributed by atoms with Crippen LogP contribution in [0.15, 0.2) is 35.7 Å². The van der Waals surface area contributed by atoms with Crippen LogP contribution in [0.5, 0.6) is 0 Å². The van der Waals surface area contributed by atoms with E-state index in [4.69, 9.17) is 0 Å².